The number of nitrogens with two attached hydrogens (primary N) is 1. The summed E-state index contributed by atoms with van der Waals surface area (Å²) < 4.78 is 5.27. The summed E-state index contributed by atoms with van der Waals surface area (Å²) in [4.78, 5) is 0. The van der Waals surface area contributed by atoms with Gasteiger partial charge in [-0.15, -0.1) is 0 Å². The lowest BCUT2D eigenvalue weighted by Crippen LogP contribution is -2.31. The Morgan fingerprint density at radius 1 is 1.50 bits per heavy atom. The molecule has 18 heavy (non-hydrogen) atoms. The molecule has 0 radical (unpaired) electrons. The zero-order valence-electron chi connectivity index (χ0n) is 11.0. The van der Waals surface area contributed by atoms with Crippen LogP contribution in [0.1, 0.15) is 23.7 Å². The van der Waals surface area contributed by atoms with Gasteiger partial charge in [-0.05, 0) is 44.6 Å². The predicted octanol–water partition coefficient (Wildman–Crippen LogP) is 1.63. The molecule has 1 aromatic carbocycles. The maximum absolute atomic E-state index is 10.3. The molecule has 1 aromatic rings. The first kappa shape index (κ1) is 15.2. The van der Waals surface area contributed by atoms with Crippen LogP contribution in [0.5, 0.6) is 5.75 Å². The maximum atomic E-state index is 10.3. The molecule has 0 bridgehead atoms. The lowest BCUT2D eigenvalue weighted by Gasteiger charge is -2.22. The molecular weight excluding hydrogens is 252 g/mol. The summed E-state index contributed by atoms with van der Waals surface area (Å²) in [6.07, 6.45) is -0.113. The van der Waals surface area contributed by atoms with Crippen molar-refractivity contribution in [3.63, 3.8) is 0 Å². The Hall–Kier alpha value is -0.810. The maximum Gasteiger partial charge on any atom is 0.125 e. The lowest BCUT2D eigenvalue weighted by molar-refractivity contribution is 0.139. The van der Waals surface area contributed by atoms with Gasteiger partial charge < -0.3 is 20.9 Å². The Morgan fingerprint density at radius 2 is 2.17 bits per heavy atom. The van der Waals surface area contributed by atoms with Crippen LogP contribution < -0.4 is 15.8 Å². The van der Waals surface area contributed by atoms with Crippen LogP contribution in [0.3, 0.4) is 0 Å². The molecule has 1 rings (SSSR count). The standard InChI is InChI=1S/C13H21ClN2O2/c1-8-6-12(18-3)9(7-10(8)14)13(17)11(15)4-5-16-2/h6-7,11,13,16-17H,4-5,15H2,1-3H3. The van der Waals surface area contributed by atoms with E-state index in [0.717, 1.165) is 12.1 Å². The zero-order valence-corrected chi connectivity index (χ0v) is 11.8. The third-order valence-corrected chi connectivity index (χ3v) is 3.37. The molecule has 2 unspecified atom stereocenters. The number of halogens is 1. The van der Waals surface area contributed by atoms with Crippen molar-refractivity contribution in [2.75, 3.05) is 20.7 Å². The molecule has 102 valence electrons. The molecule has 4 N–H and O–H groups in total. The van der Waals surface area contributed by atoms with Crippen LogP contribution in [0, 0.1) is 6.92 Å². The summed E-state index contributed by atoms with van der Waals surface area (Å²) in [5.74, 6) is 0.615. The molecule has 5 heteroatoms. The summed E-state index contributed by atoms with van der Waals surface area (Å²) in [7, 11) is 3.42. The van der Waals surface area contributed by atoms with Crippen molar-refractivity contribution in [3.05, 3.63) is 28.3 Å². The highest BCUT2D eigenvalue weighted by atomic mass is 35.5. The Morgan fingerprint density at radius 3 is 2.72 bits per heavy atom. The monoisotopic (exact) mass is 272 g/mol. The van der Waals surface area contributed by atoms with E-state index in [1.54, 1.807) is 13.2 Å². The Balaban J connectivity index is 2.96. The number of benzene rings is 1. The highest BCUT2D eigenvalue weighted by Gasteiger charge is 2.21. The highest BCUT2D eigenvalue weighted by Crippen LogP contribution is 2.32. The molecule has 2 atom stereocenters. The molecular formula is C13H21ClN2O2. The quantitative estimate of drug-likeness (QED) is 0.736. The molecule has 0 aliphatic rings. The van der Waals surface area contributed by atoms with Crippen LogP contribution in [-0.4, -0.2) is 31.9 Å². The van der Waals surface area contributed by atoms with E-state index in [0.29, 0.717) is 22.8 Å². The molecule has 0 aromatic heterocycles. The molecule has 0 saturated heterocycles. The van der Waals surface area contributed by atoms with Crippen molar-refractivity contribution >= 4 is 11.6 Å². The van der Waals surface area contributed by atoms with E-state index in [-0.39, 0.29) is 6.04 Å². The minimum Gasteiger partial charge on any atom is -0.496 e. The van der Waals surface area contributed by atoms with Crippen LogP contribution >= 0.6 is 11.6 Å². The largest absolute Gasteiger partial charge is 0.496 e. The lowest BCUT2D eigenvalue weighted by atomic mass is 9.98. The SMILES string of the molecule is CNCCC(N)C(O)c1cc(Cl)c(C)cc1OC. The number of aliphatic hydroxyl groups excluding tert-OH is 1. The Bertz CT molecular complexity index is 399. The molecule has 0 heterocycles. The second kappa shape index (κ2) is 6.95. The number of hydrogen-bond acceptors (Lipinski definition) is 4. The van der Waals surface area contributed by atoms with Crippen molar-refractivity contribution in [1.29, 1.82) is 0 Å². The number of aryl methyl sites for hydroxylation is 1. The van der Waals surface area contributed by atoms with Crippen molar-refractivity contribution in [1.82, 2.24) is 5.32 Å². The first-order valence-electron chi connectivity index (χ1n) is 5.93. The van der Waals surface area contributed by atoms with Gasteiger partial charge in [0.25, 0.3) is 0 Å². The number of ether oxygens (including phenoxy) is 1. The molecule has 0 saturated carbocycles. The van der Waals surface area contributed by atoms with Crippen molar-refractivity contribution in [3.8, 4) is 5.75 Å². The zero-order chi connectivity index (χ0) is 13.7. The molecule has 0 amide bonds. The number of aliphatic hydroxyl groups is 1. The number of nitrogens with one attached hydrogen (secondary N) is 1. The van der Waals surface area contributed by atoms with E-state index < -0.39 is 6.10 Å². The minimum atomic E-state index is -0.786. The topological polar surface area (TPSA) is 67.5 Å². The second-order valence-electron chi connectivity index (χ2n) is 4.34. The third-order valence-electron chi connectivity index (χ3n) is 2.96. The molecule has 0 fully saturated rings. The normalized spacial score (nSPS) is 14.3. The summed E-state index contributed by atoms with van der Waals surface area (Å²) in [5.41, 5.74) is 7.50. The van der Waals surface area contributed by atoms with Gasteiger partial charge in [0.15, 0.2) is 0 Å². The smallest absolute Gasteiger partial charge is 0.125 e. The van der Waals surface area contributed by atoms with Crippen LogP contribution in [0.4, 0.5) is 0 Å². The summed E-state index contributed by atoms with van der Waals surface area (Å²) in [6.45, 7) is 2.64. The Kier molecular flexibility index (Phi) is 5.88. The Labute approximate surface area is 113 Å². The van der Waals surface area contributed by atoms with Gasteiger partial charge in [-0.25, -0.2) is 0 Å². The van der Waals surface area contributed by atoms with E-state index in [1.807, 2.05) is 20.0 Å². The van der Waals surface area contributed by atoms with Crippen molar-refractivity contribution < 1.29 is 9.84 Å². The second-order valence-corrected chi connectivity index (χ2v) is 4.75. The van der Waals surface area contributed by atoms with Gasteiger partial charge in [0.05, 0.1) is 13.2 Å². The van der Waals surface area contributed by atoms with Gasteiger partial charge in [0, 0.05) is 16.6 Å². The average Bonchev–Trinajstić information content (AvgIpc) is 2.37. The fourth-order valence-corrected chi connectivity index (χ4v) is 1.95. The first-order chi connectivity index (χ1) is 8.51. The van der Waals surface area contributed by atoms with Gasteiger partial charge in [0.2, 0.25) is 0 Å². The van der Waals surface area contributed by atoms with E-state index in [1.165, 1.54) is 0 Å². The predicted molar refractivity (Wildman–Crippen MR) is 74.2 cm³/mol. The van der Waals surface area contributed by atoms with Gasteiger partial charge in [-0.3, -0.25) is 0 Å². The van der Waals surface area contributed by atoms with Gasteiger partial charge >= 0.3 is 0 Å². The number of rotatable bonds is 6. The number of hydrogen-bond donors (Lipinski definition) is 3. The average molecular weight is 273 g/mol. The van der Waals surface area contributed by atoms with Crippen LogP contribution in [-0.2, 0) is 0 Å². The van der Waals surface area contributed by atoms with Crippen molar-refractivity contribution in [2.45, 2.75) is 25.5 Å². The first-order valence-corrected chi connectivity index (χ1v) is 6.31. The van der Waals surface area contributed by atoms with E-state index >= 15 is 0 Å². The van der Waals surface area contributed by atoms with Gasteiger partial charge in [0.1, 0.15) is 5.75 Å². The van der Waals surface area contributed by atoms with Crippen LogP contribution in [0.15, 0.2) is 12.1 Å². The van der Waals surface area contributed by atoms with Crippen LogP contribution in [0.2, 0.25) is 5.02 Å². The summed E-state index contributed by atoms with van der Waals surface area (Å²) >= 11 is 6.08. The van der Waals surface area contributed by atoms with Crippen LogP contribution in [0.25, 0.3) is 0 Å². The van der Waals surface area contributed by atoms with Crippen molar-refractivity contribution in [2.24, 2.45) is 5.73 Å². The van der Waals surface area contributed by atoms with E-state index in [4.69, 9.17) is 22.1 Å². The third kappa shape index (κ3) is 3.59. The minimum absolute atomic E-state index is 0.356. The molecule has 0 aliphatic carbocycles. The summed E-state index contributed by atoms with van der Waals surface area (Å²) in [5, 5.41) is 13.9. The fraction of sp³-hybridized carbons (Fsp3) is 0.538. The highest BCUT2D eigenvalue weighted by molar-refractivity contribution is 6.31. The molecule has 4 nitrogen and oxygen atoms in total. The summed E-state index contributed by atoms with van der Waals surface area (Å²) in [6, 6.07) is 3.18. The van der Waals surface area contributed by atoms with E-state index in [2.05, 4.69) is 5.32 Å². The van der Waals surface area contributed by atoms with Gasteiger partial charge in [-0.2, -0.15) is 0 Å². The fourth-order valence-electron chi connectivity index (χ4n) is 1.78. The van der Waals surface area contributed by atoms with E-state index in [9.17, 15) is 5.11 Å². The van der Waals surface area contributed by atoms with Gasteiger partial charge in [-0.1, -0.05) is 11.6 Å². The molecule has 0 spiro atoms. The molecule has 0 aliphatic heterocycles. The number of methoxy groups -OCH3 is 1.